The Balaban J connectivity index is 1.99. The van der Waals surface area contributed by atoms with Gasteiger partial charge in [0.25, 0.3) is 0 Å². The molecule has 0 aromatic carbocycles. The Morgan fingerprint density at radius 2 is 2.00 bits per heavy atom. The zero-order chi connectivity index (χ0) is 16.7. The summed E-state index contributed by atoms with van der Waals surface area (Å²) in [6, 6.07) is 4.06. The molecule has 0 atom stereocenters. The molecule has 1 aromatic heterocycles. The number of piperidine rings is 1. The van der Waals surface area contributed by atoms with E-state index >= 15 is 0 Å². The number of carbonyl (C=O) groups is 1. The van der Waals surface area contributed by atoms with Crippen LogP contribution in [-0.2, 0) is 11.3 Å². The molecule has 2 heterocycles. The molecular weight excluding hydrogens is 288 g/mol. The average Bonchev–Trinajstić information content (AvgIpc) is 2.63. The molecule has 5 heteroatoms. The van der Waals surface area contributed by atoms with Crippen LogP contribution >= 0.6 is 0 Å². The van der Waals surface area contributed by atoms with Crippen molar-refractivity contribution in [2.45, 2.75) is 52.5 Å². The van der Waals surface area contributed by atoms with E-state index in [1.165, 1.54) is 19.3 Å². The highest BCUT2D eigenvalue weighted by atomic mass is 16.2. The highest BCUT2D eigenvalue weighted by Crippen LogP contribution is 2.25. The van der Waals surface area contributed by atoms with Crippen molar-refractivity contribution in [2.75, 3.05) is 24.5 Å². The minimum absolute atomic E-state index is 0.0568. The first-order valence-corrected chi connectivity index (χ1v) is 8.83. The Bertz CT molecular complexity index is 499. The van der Waals surface area contributed by atoms with Gasteiger partial charge < -0.3 is 16.0 Å². The van der Waals surface area contributed by atoms with Crippen molar-refractivity contribution in [2.24, 2.45) is 11.1 Å². The molecule has 1 aliphatic heterocycles. The van der Waals surface area contributed by atoms with Crippen LogP contribution in [0.4, 0.5) is 5.82 Å². The smallest absolute Gasteiger partial charge is 0.227 e. The average molecular weight is 318 g/mol. The molecule has 0 spiro atoms. The summed E-state index contributed by atoms with van der Waals surface area (Å²) in [7, 11) is 0. The summed E-state index contributed by atoms with van der Waals surface area (Å²) in [5, 5.41) is 3.06. The number of nitrogens with zero attached hydrogens (tertiary/aromatic N) is 2. The number of aromatic nitrogens is 1. The van der Waals surface area contributed by atoms with Gasteiger partial charge in [-0.1, -0.05) is 13.8 Å². The van der Waals surface area contributed by atoms with E-state index in [0.717, 1.165) is 37.3 Å². The van der Waals surface area contributed by atoms with Gasteiger partial charge in [0.2, 0.25) is 5.91 Å². The predicted octanol–water partition coefficient (Wildman–Crippen LogP) is 2.45. The number of anilines is 1. The first-order chi connectivity index (χ1) is 11.1. The lowest BCUT2D eigenvalue weighted by atomic mass is 9.81. The van der Waals surface area contributed by atoms with Crippen molar-refractivity contribution >= 4 is 11.7 Å². The lowest BCUT2D eigenvalue weighted by molar-refractivity contribution is -0.131. The van der Waals surface area contributed by atoms with Gasteiger partial charge in [-0.2, -0.15) is 0 Å². The monoisotopic (exact) mass is 318 g/mol. The molecule has 0 radical (unpaired) electrons. The molecule has 0 aliphatic carbocycles. The van der Waals surface area contributed by atoms with Gasteiger partial charge in [0, 0.05) is 32.4 Å². The summed E-state index contributed by atoms with van der Waals surface area (Å²) in [5.41, 5.74) is 6.49. The summed E-state index contributed by atoms with van der Waals surface area (Å²) in [6.45, 7) is 7.12. The Hall–Kier alpha value is -1.62. The topological polar surface area (TPSA) is 71.2 Å². The molecule has 23 heavy (non-hydrogen) atoms. The van der Waals surface area contributed by atoms with Gasteiger partial charge in [0.1, 0.15) is 5.82 Å². The molecule has 1 aliphatic rings. The van der Waals surface area contributed by atoms with E-state index in [2.05, 4.69) is 21.3 Å². The number of amides is 1. The van der Waals surface area contributed by atoms with Crippen molar-refractivity contribution in [3.63, 3.8) is 0 Å². The van der Waals surface area contributed by atoms with E-state index in [1.807, 2.05) is 26.1 Å². The molecule has 1 aromatic rings. The number of hydrogen-bond donors (Lipinski definition) is 2. The summed E-state index contributed by atoms with van der Waals surface area (Å²) in [4.78, 5) is 19.3. The fourth-order valence-corrected chi connectivity index (χ4v) is 3.19. The quantitative estimate of drug-likeness (QED) is 0.810. The summed E-state index contributed by atoms with van der Waals surface area (Å²) < 4.78 is 0. The van der Waals surface area contributed by atoms with Crippen LogP contribution in [0.2, 0.25) is 0 Å². The van der Waals surface area contributed by atoms with Gasteiger partial charge in [-0.25, -0.2) is 4.98 Å². The van der Waals surface area contributed by atoms with Crippen molar-refractivity contribution in [3.05, 3.63) is 23.9 Å². The Kier molecular flexibility index (Phi) is 6.39. The number of rotatable bonds is 7. The second-order valence-corrected chi connectivity index (χ2v) is 6.44. The third-order valence-corrected chi connectivity index (χ3v) is 5.17. The van der Waals surface area contributed by atoms with Gasteiger partial charge in [0.15, 0.2) is 0 Å². The summed E-state index contributed by atoms with van der Waals surface area (Å²) >= 11 is 0. The van der Waals surface area contributed by atoms with Crippen molar-refractivity contribution in [1.82, 2.24) is 10.3 Å². The molecular formula is C18H30N4O. The maximum absolute atomic E-state index is 12.5. The molecule has 128 valence electrons. The zero-order valence-corrected chi connectivity index (χ0v) is 14.5. The van der Waals surface area contributed by atoms with E-state index in [4.69, 9.17) is 5.73 Å². The van der Waals surface area contributed by atoms with E-state index in [0.29, 0.717) is 13.1 Å². The van der Waals surface area contributed by atoms with Crippen molar-refractivity contribution < 1.29 is 4.79 Å². The third kappa shape index (κ3) is 4.22. The summed E-state index contributed by atoms with van der Waals surface area (Å²) in [6.07, 6.45) is 7.13. The lowest BCUT2D eigenvalue weighted by Crippen LogP contribution is -2.45. The zero-order valence-electron chi connectivity index (χ0n) is 14.5. The standard InChI is InChI=1S/C18H30N4O/c1-3-18(4-2,14-19)17(23)21-13-15-8-9-20-16(12-15)22-10-6-5-7-11-22/h8-9,12H,3-7,10-11,13-14,19H2,1-2H3,(H,21,23). The number of pyridine rings is 1. The molecule has 0 unspecified atom stereocenters. The van der Waals surface area contributed by atoms with Crippen LogP contribution < -0.4 is 16.0 Å². The van der Waals surface area contributed by atoms with Crippen LogP contribution in [0, 0.1) is 5.41 Å². The molecule has 3 N–H and O–H groups in total. The van der Waals surface area contributed by atoms with Crippen LogP contribution in [0.1, 0.15) is 51.5 Å². The van der Waals surface area contributed by atoms with Crippen LogP contribution in [0.25, 0.3) is 0 Å². The first kappa shape index (κ1) is 17.7. The molecule has 0 bridgehead atoms. The van der Waals surface area contributed by atoms with E-state index in [-0.39, 0.29) is 5.91 Å². The lowest BCUT2D eigenvalue weighted by Gasteiger charge is -2.29. The SMILES string of the molecule is CCC(CC)(CN)C(=O)NCc1ccnc(N2CCCCC2)c1. The number of hydrogen-bond acceptors (Lipinski definition) is 4. The Morgan fingerprint density at radius 3 is 2.61 bits per heavy atom. The maximum atomic E-state index is 12.5. The molecule has 1 fully saturated rings. The molecule has 5 nitrogen and oxygen atoms in total. The largest absolute Gasteiger partial charge is 0.357 e. The van der Waals surface area contributed by atoms with Gasteiger partial charge >= 0.3 is 0 Å². The van der Waals surface area contributed by atoms with Crippen LogP contribution in [0.5, 0.6) is 0 Å². The maximum Gasteiger partial charge on any atom is 0.227 e. The van der Waals surface area contributed by atoms with Gasteiger partial charge in [-0.3, -0.25) is 4.79 Å². The van der Waals surface area contributed by atoms with E-state index < -0.39 is 5.41 Å². The molecule has 1 amide bonds. The van der Waals surface area contributed by atoms with Crippen molar-refractivity contribution in [1.29, 1.82) is 0 Å². The van der Waals surface area contributed by atoms with Crippen LogP contribution in [-0.4, -0.2) is 30.5 Å². The molecule has 1 saturated heterocycles. The number of nitrogens with one attached hydrogen (secondary N) is 1. The fourth-order valence-electron chi connectivity index (χ4n) is 3.19. The number of nitrogens with two attached hydrogens (primary N) is 1. The number of carbonyl (C=O) groups excluding carboxylic acids is 1. The molecule has 2 rings (SSSR count). The van der Waals surface area contributed by atoms with Gasteiger partial charge in [-0.15, -0.1) is 0 Å². The van der Waals surface area contributed by atoms with E-state index in [1.54, 1.807) is 0 Å². The Morgan fingerprint density at radius 1 is 1.30 bits per heavy atom. The summed E-state index contributed by atoms with van der Waals surface area (Å²) in [5.74, 6) is 1.08. The Labute approximate surface area is 139 Å². The normalized spacial score (nSPS) is 15.5. The van der Waals surface area contributed by atoms with Gasteiger partial charge in [-0.05, 0) is 49.8 Å². The third-order valence-electron chi connectivity index (χ3n) is 5.17. The van der Waals surface area contributed by atoms with Gasteiger partial charge in [0.05, 0.1) is 5.41 Å². The fraction of sp³-hybridized carbons (Fsp3) is 0.667. The second-order valence-electron chi connectivity index (χ2n) is 6.44. The predicted molar refractivity (Wildman–Crippen MR) is 94.2 cm³/mol. The highest BCUT2D eigenvalue weighted by molar-refractivity contribution is 5.82. The van der Waals surface area contributed by atoms with Crippen LogP contribution in [0.3, 0.4) is 0 Å². The minimum atomic E-state index is -0.442. The molecule has 0 saturated carbocycles. The second kappa shape index (κ2) is 8.29. The minimum Gasteiger partial charge on any atom is -0.357 e. The van der Waals surface area contributed by atoms with Crippen molar-refractivity contribution in [3.8, 4) is 0 Å². The van der Waals surface area contributed by atoms with Crippen LogP contribution in [0.15, 0.2) is 18.3 Å². The highest BCUT2D eigenvalue weighted by Gasteiger charge is 2.32. The van der Waals surface area contributed by atoms with E-state index in [9.17, 15) is 4.79 Å². The first-order valence-electron chi connectivity index (χ1n) is 8.83.